The van der Waals surface area contributed by atoms with Crippen molar-refractivity contribution in [2.75, 3.05) is 33.2 Å². The van der Waals surface area contributed by atoms with Crippen molar-refractivity contribution in [3.05, 3.63) is 0 Å². The van der Waals surface area contributed by atoms with Crippen molar-refractivity contribution >= 4 is 0 Å². The van der Waals surface area contributed by atoms with Crippen molar-refractivity contribution in [3.8, 4) is 0 Å². The molecule has 2 saturated heterocycles. The van der Waals surface area contributed by atoms with Crippen LogP contribution in [0.5, 0.6) is 0 Å². The number of hydrogen-bond acceptors (Lipinski definition) is 3. The second-order valence-corrected chi connectivity index (χ2v) is 4.51. The predicted octanol–water partition coefficient (Wildman–Crippen LogP) is 0.849. The van der Waals surface area contributed by atoms with Gasteiger partial charge >= 0.3 is 0 Å². The van der Waals surface area contributed by atoms with Crippen LogP contribution in [0.25, 0.3) is 0 Å². The molecule has 0 radical (unpaired) electrons. The Hall–Kier alpha value is -0.120. The molecule has 0 bridgehead atoms. The van der Waals surface area contributed by atoms with Crippen molar-refractivity contribution in [1.82, 2.24) is 10.2 Å². The minimum atomic E-state index is 0.417. The molecule has 3 heteroatoms. The van der Waals surface area contributed by atoms with Crippen LogP contribution in [0, 0.1) is 0 Å². The maximum absolute atomic E-state index is 7.48. The van der Waals surface area contributed by atoms with Crippen LogP contribution >= 0.6 is 0 Å². The molecule has 3 nitrogen and oxygen atoms in total. The van der Waals surface area contributed by atoms with Crippen molar-refractivity contribution in [2.45, 2.75) is 37.9 Å². The molecule has 0 unspecified atom stereocenters. The van der Waals surface area contributed by atoms with Crippen molar-refractivity contribution in [3.63, 3.8) is 0 Å². The van der Waals surface area contributed by atoms with Crippen LogP contribution < -0.4 is 5.31 Å². The Bertz CT molecular complexity index is 167. The highest BCUT2D eigenvalue weighted by molar-refractivity contribution is 4.74. The Kier molecular flexibility index (Phi) is 3.33. The van der Waals surface area contributed by atoms with Gasteiger partial charge in [-0.1, -0.05) is 0 Å². The number of ether oxygens (including phenoxy) is 1. The fraction of sp³-hybridized carbons (Fsp3) is 1.00. The molecule has 2 fully saturated rings. The third kappa shape index (κ3) is 2.94. The summed E-state index contributed by atoms with van der Waals surface area (Å²) in [5, 5.41) is 1.65. The van der Waals surface area contributed by atoms with Gasteiger partial charge in [0.05, 0.1) is 12.2 Å². The van der Waals surface area contributed by atoms with Gasteiger partial charge in [-0.3, -0.25) is 0 Å². The molecule has 0 spiro atoms. The summed E-state index contributed by atoms with van der Waals surface area (Å²) in [5.41, 5.74) is 0. The Morgan fingerprint density at radius 2 is 1.71 bits per heavy atom. The van der Waals surface area contributed by atoms with Gasteiger partial charge < -0.3 is 14.9 Å². The molecule has 0 aromatic rings. The average molecular weight is 199 g/mol. The van der Waals surface area contributed by atoms with Gasteiger partial charge in [0.1, 0.15) is 1.41 Å². The van der Waals surface area contributed by atoms with E-state index in [-0.39, 0.29) is 0 Å². The maximum atomic E-state index is 7.48. The van der Waals surface area contributed by atoms with Crippen LogP contribution in [0.4, 0.5) is 0 Å². The topological polar surface area (TPSA) is 24.5 Å². The Labute approximate surface area is 88.3 Å². The number of likely N-dealkylation sites (tertiary alicyclic amines) is 1. The molecule has 0 aromatic heterocycles. The zero-order valence-electron chi connectivity index (χ0n) is 10.1. The zero-order chi connectivity index (χ0) is 10.7. The summed E-state index contributed by atoms with van der Waals surface area (Å²) in [6.07, 6.45) is 5.32. The van der Waals surface area contributed by atoms with Crippen molar-refractivity contribution in [2.24, 2.45) is 0 Å². The van der Waals surface area contributed by atoms with E-state index in [0.717, 1.165) is 25.9 Å². The summed E-state index contributed by atoms with van der Waals surface area (Å²) in [4.78, 5) is 2.37. The highest BCUT2D eigenvalue weighted by Gasteiger charge is 2.22. The van der Waals surface area contributed by atoms with Gasteiger partial charge in [-0.25, -0.2) is 0 Å². The zero-order valence-corrected chi connectivity index (χ0v) is 9.11. The smallest absolute Gasteiger partial charge is 0.122 e. The number of hydrogen-bond donors (Lipinski definition) is 1. The Morgan fingerprint density at radius 3 is 2.36 bits per heavy atom. The molecule has 0 aromatic carbocycles. The molecule has 1 N–H and O–H groups in total. The van der Waals surface area contributed by atoms with Crippen LogP contribution in [0.15, 0.2) is 0 Å². The number of nitrogens with one attached hydrogen (secondary N) is 1. The molecule has 14 heavy (non-hydrogen) atoms. The summed E-state index contributed by atoms with van der Waals surface area (Å²) in [5.74, 6) is 0. The first kappa shape index (κ1) is 9.13. The molecule has 2 aliphatic heterocycles. The molecule has 82 valence electrons. The first-order chi connectivity index (χ1) is 7.24. The van der Waals surface area contributed by atoms with Gasteiger partial charge in [0.2, 0.25) is 0 Å². The highest BCUT2D eigenvalue weighted by atomic mass is 16.5. The summed E-state index contributed by atoms with van der Waals surface area (Å²) in [7, 11) is 2.18. The van der Waals surface area contributed by atoms with E-state index in [2.05, 4.69) is 11.9 Å². The molecular weight excluding hydrogens is 176 g/mol. The minimum Gasteiger partial charge on any atom is -0.375 e. The maximum Gasteiger partial charge on any atom is 0.122 e. The number of piperidine rings is 2. The van der Waals surface area contributed by atoms with E-state index in [0.29, 0.717) is 12.2 Å². The standard InChI is InChI=1S/C11H22N2O/c1-13-8-4-11(5-9-13)14-10-2-6-12-7-3-10/h10-12H,2-9H2,1H3/i/hD. The van der Waals surface area contributed by atoms with Crippen molar-refractivity contribution in [1.29, 1.82) is 0 Å². The average Bonchev–Trinajstić information content (AvgIpc) is 2.25. The van der Waals surface area contributed by atoms with Gasteiger partial charge in [-0.05, 0) is 45.8 Å². The first-order valence-electron chi connectivity index (χ1n) is 6.26. The molecular formula is C11H22N2O. The van der Waals surface area contributed by atoms with Gasteiger partial charge in [0.25, 0.3) is 0 Å². The van der Waals surface area contributed by atoms with Gasteiger partial charge in [0.15, 0.2) is 0 Å². The quantitative estimate of drug-likeness (QED) is 0.713. The SMILES string of the molecule is [2H]N1CCC(OC2CCN(C)CC2)CC1. The first-order valence-corrected chi connectivity index (χ1v) is 5.82. The normalized spacial score (nSPS) is 30.5. The predicted molar refractivity (Wildman–Crippen MR) is 57.5 cm³/mol. The van der Waals surface area contributed by atoms with E-state index >= 15 is 0 Å². The lowest BCUT2D eigenvalue weighted by atomic mass is 10.1. The summed E-state index contributed by atoms with van der Waals surface area (Å²) < 4.78 is 13.6. The summed E-state index contributed by atoms with van der Waals surface area (Å²) in [6, 6.07) is 0. The Balaban J connectivity index is 1.68. The van der Waals surface area contributed by atoms with Crippen LogP contribution in [0.3, 0.4) is 0 Å². The fourth-order valence-electron chi connectivity index (χ4n) is 2.26. The third-order valence-corrected chi connectivity index (χ3v) is 3.27. The molecule has 2 heterocycles. The van der Waals surface area contributed by atoms with Crippen LogP contribution in [0.2, 0.25) is 1.41 Å². The van der Waals surface area contributed by atoms with Crippen LogP contribution in [-0.2, 0) is 4.74 Å². The van der Waals surface area contributed by atoms with E-state index in [1.54, 1.807) is 5.31 Å². The lowest BCUT2D eigenvalue weighted by molar-refractivity contribution is -0.0505. The summed E-state index contributed by atoms with van der Waals surface area (Å²) >= 11 is 0. The lowest BCUT2D eigenvalue weighted by Crippen LogP contribution is -2.39. The van der Waals surface area contributed by atoms with E-state index in [4.69, 9.17) is 6.15 Å². The van der Waals surface area contributed by atoms with E-state index in [1.807, 2.05) is 0 Å². The van der Waals surface area contributed by atoms with Crippen molar-refractivity contribution < 1.29 is 6.15 Å². The van der Waals surface area contributed by atoms with E-state index in [9.17, 15) is 0 Å². The van der Waals surface area contributed by atoms with E-state index in [1.165, 1.54) is 25.9 Å². The monoisotopic (exact) mass is 199 g/mol. The van der Waals surface area contributed by atoms with Crippen LogP contribution in [0.1, 0.15) is 25.7 Å². The minimum absolute atomic E-state index is 0.417. The number of rotatable bonds is 2. The fourth-order valence-corrected chi connectivity index (χ4v) is 2.26. The molecule has 0 saturated carbocycles. The lowest BCUT2D eigenvalue weighted by Gasteiger charge is -2.33. The van der Waals surface area contributed by atoms with Gasteiger partial charge in [0, 0.05) is 13.1 Å². The molecule has 0 amide bonds. The molecule has 0 atom stereocenters. The van der Waals surface area contributed by atoms with Gasteiger partial charge in [-0.15, -0.1) is 0 Å². The molecule has 2 aliphatic rings. The van der Waals surface area contributed by atoms with Gasteiger partial charge in [-0.2, -0.15) is 0 Å². The van der Waals surface area contributed by atoms with Crippen LogP contribution in [-0.4, -0.2) is 50.3 Å². The second-order valence-electron chi connectivity index (χ2n) is 4.51. The second kappa shape index (κ2) is 5.10. The number of nitrogens with zero attached hydrogens (tertiary/aromatic N) is 1. The van der Waals surface area contributed by atoms with E-state index < -0.39 is 0 Å². The summed E-state index contributed by atoms with van der Waals surface area (Å²) in [6.45, 7) is 4.08. The largest absolute Gasteiger partial charge is 0.375 e. The molecule has 0 aliphatic carbocycles. The third-order valence-electron chi connectivity index (χ3n) is 3.27. The Morgan fingerprint density at radius 1 is 1.14 bits per heavy atom. The molecule has 2 rings (SSSR count). The highest BCUT2D eigenvalue weighted by Crippen LogP contribution is 2.17.